The zero-order chi connectivity index (χ0) is 15.4. The Hall–Kier alpha value is -1.63. The van der Waals surface area contributed by atoms with Crippen LogP contribution >= 0.6 is 0 Å². The van der Waals surface area contributed by atoms with Gasteiger partial charge < -0.3 is 14.7 Å². The number of hydrogen-bond donors (Lipinski definition) is 3. The number of nitrogens with zero attached hydrogens (tertiary/aromatic N) is 2. The second kappa shape index (κ2) is 4.43. The summed E-state index contributed by atoms with van der Waals surface area (Å²) in [6, 6.07) is 1.62. The van der Waals surface area contributed by atoms with E-state index in [4.69, 9.17) is 20.2 Å². The minimum absolute atomic E-state index is 0.174. The first-order chi connectivity index (χ1) is 9.70. The summed E-state index contributed by atoms with van der Waals surface area (Å²) in [6.07, 6.45) is 1.79. The van der Waals surface area contributed by atoms with Crippen LogP contribution in [-0.4, -0.2) is 41.4 Å². The molecule has 6 nitrogen and oxygen atoms in total. The molecule has 0 saturated carbocycles. The van der Waals surface area contributed by atoms with Crippen LogP contribution < -0.4 is 5.32 Å². The lowest BCUT2D eigenvalue weighted by Crippen LogP contribution is -2.62. The van der Waals surface area contributed by atoms with Gasteiger partial charge in [0.25, 0.3) is 5.91 Å². The summed E-state index contributed by atoms with van der Waals surface area (Å²) in [7, 11) is 11.5. The summed E-state index contributed by atoms with van der Waals surface area (Å²) < 4.78 is 5.12. The number of fused-ring (bicyclic) bond motifs is 1. The number of nitrogens with one attached hydrogen (secondary N) is 1. The van der Waals surface area contributed by atoms with Crippen LogP contribution in [0.15, 0.2) is 16.8 Å². The van der Waals surface area contributed by atoms with E-state index in [1.54, 1.807) is 26.1 Å². The molecule has 8 heteroatoms. The van der Waals surface area contributed by atoms with Crippen LogP contribution in [0.3, 0.4) is 0 Å². The van der Waals surface area contributed by atoms with Crippen LogP contribution in [0.4, 0.5) is 0 Å². The van der Waals surface area contributed by atoms with Gasteiger partial charge in [-0.15, -0.1) is 0 Å². The van der Waals surface area contributed by atoms with Crippen molar-refractivity contribution < 1.29 is 14.7 Å². The summed E-state index contributed by atoms with van der Waals surface area (Å²) in [5.41, 5.74) is 2.80. The van der Waals surface area contributed by atoms with Crippen molar-refractivity contribution in [2.75, 3.05) is 0 Å². The zero-order valence-corrected chi connectivity index (χ0v) is 11.7. The average molecular weight is 281 g/mol. The lowest BCUT2D eigenvalue weighted by Gasteiger charge is -2.41. The van der Waals surface area contributed by atoms with Gasteiger partial charge >= 0.3 is 0 Å². The summed E-state index contributed by atoms with van der Waals surface area (Å²) in [5, 5.41) is 25.1. The first kappa shape index (κ1) is 14.3. The van der Waals surface area contributed by atoms with E-state index in [9.17, 15) is 10.2 Å². The van der Waals surface area contributed by atoms with Crippen molar-refractivity contribution in [1.29, 1.82) is 0 Å². The molecule has 2 aromatic rings. The molecule has 0 saturated heterocycles. The molecule has 0 aromatic carbocycles. The molecule has 2 aromatic heterocycles. The Bertz CT molecular complexity index is 693. The summed E-state index contributed by atoms with van der Waals surface area (Å²) in [5.74, 6) is -1.72. The predicted molar refractivity (Wildman–Crippen MR) is 76.4 cm³/mol. The van der Waals surface area contributed by atoms with E-state index in [2.05, 4.69) is 15.5 Å². The highest BCUT2D eigenvalue weighted by atomic mass is 16.5. The number of pyridine rings is 1. The average Bonchev–Trinajstić information content (AvgIpc) is 2.67. The summed E-state index contributed by atoms with van der Waals surface area (Å²) in [6.45, 7) is 3.59. The van der Waals surface area contributed by atoms with Gasteiger partial charge in [-0.3, -0.25) is 10.3 Å². The Kier molecular flexibility index (Phi) is 3.02. The molecule has 4 radical (unpaired) electrons. The fourth-order valence-electron chi connectivity index (χ4n) is 2.68. The van der Waals surface area contributed by atoms with E-state index >= 15 is 0 Å². The molecule has 0 spiro atoms. The highest BCUT2D eigenvalue weighted by molar-refractivity contribution is 6.40. The molecule has 3 rings (SSSR count). The third kappa shape index (κ3) is 2.39. The maximum Gasteiger partial charge on any atom is 0.251 e. The molecule has 1 aliphatic heterocycles. The Labute approximate surface area is 124 Å². The third-order valence-corrected chi connectivity index (χ3v) is 3.53. The Morgan fingerprint density at radius 2 is 2.05 bits per heavy atom. The Morgan fingerprint density at radius 3 is 2.67 bits per heavy atom. The molecule has 0 bridgehead atoms. The maximum atomic E-state index is 10.1. The normalized spacial score (nSPS) is 19.2. The third-order valence-electron chi connectivity index (χ3n) is 3.53. The van der Waals surface area contributed by atoms with Crippen LogP contribution in [0, 0.1) is 13.8 Å². The lowest BCUT2D eigenvalue weighted by molar-refractivity contribution is -0.204. The largest absolute Gasteiger partial charge is 0.361 e. The maximum absolute atomic E-state index is 10.1. The number of hydrogen-bond acceptors (Lipinski definition) is 6. The minimum atomic E-state index is -2.35. The topological polar surface area (TPSA) is 91.4 Å². The van der Waals surface area contributed by atoms with Gasteiger partial charge in [-0.25, -0.2) is 0 Å². The predicted octanol–water partition coefficient (Wildman–Crippen LogP) is -0.415. The Balaban J connectivity index is 2.15. The van der Waals surface area contributed by atoms with Crippen molar-refractivity contribution in [2.45, 2.75) is 31.5 Å². The van der Waals surface area contributed by atoms with Crippen molar-refractivity contribution in [3.63, 3.8) is 0 Å². The molecule has 3 heterocycles. The van der Waals surface area contributed by atoms with Gasteiger partial charge in [0.15, 0.2) is 0 Å². The van der Waals surface area contributed by atoms with Crippen molar-refractivity contribution in [3.8, 4) is 11.1 Å². The van der Waals surface area contributed by atoms with Crippen LogP contribution in [0.1, 0.15) is 22.7 Å². The molecule has 0 aliphatic carbocycles. The molecule has 1 aliphatic rings. The van der Waals surface area contributed by atoms with Crippen LogP contribution in [0.2, 0.25) is 0 Å². The zero-order valence-electron chi connectivity index (χ0n) is 11.7. The van der Waals surface area contributed by atoms with Gasteiger partial charge in [-0.05, 0) is 31.7 Å². The molecule has 0 unspecified atom stereocenters. The monoisotopic (exact) mass is 281 g/mol. The smallest absolute Gasteiger partial charge is 0.251 e. The molecule has 0 fully saturated rings. The molecule has 0 amide bonds. The number of aryl methyl sites for hydroxylation is 2. The van der Waals surface area contributed by atoms with Crippen molar-refractivity contribution >= 4 is 15.7 Å². The lowest BCUT2D eigenvalue weighted by atomic mass is 9.57. The Morgan fingerprint density at radius 1 is 1.33 bits per heavy atom. The molecular weight excluding hydrogens is 268 g/mol. The van der Waals surface area contributed by atoms with Gasteiger partial charge in [-0.1, -0.05) is 5.16 Å². The van der Waals surface area contributed by atoms with Gasteiger partial charge in [-0.2, -0.15) is 0 Å². The highest BCUT2D eigenvalue weighted by Gasteiger charge is 2.40. The first-order valence-electron chi connectivity index (χ1n) is 6.44. The van der Waals surface area contributed by atoms with E-state index in [1.807, 2.05) is 0 Å². The van der Waals surface area contributed by atoms with Gasteiger partial charge in [0.2, 0.25) is 0 Å². The molecule has 3 N–H and O–H groups in total. The van der Waals surface area contributed by atoms with Crippen LogP contribution in [0.25, 0.3) is 11.1 Å². The number of aromatic nitrogens is 2. The SMILES string of the molecule is [B]C1([B])Cc2ncc(-c3c(C)noc3C)cc2C(O)(O)N1. The van der Waals surface area contributed by atoms with E-state index in [0.717, 1.165) is 5.56 Å². The van der Waals surface area contributed by atoms with Gasteiger partial charge in [0, 0.05) is 22.9 Å². The first-order valence-corrected chi connectivity index (χ1v) is 6.44. The van der Waals surface area contributed by atoms with Crippen molar-refractivity contribution in [2.24, 2.45) is 0 Å². The molecular formula is C13H13B2N3O3. The van der Waals surface area contributed by atoms with E-state index < -0.39 is 11.2 Å². The second-order valence-electron chi connectivity index (χ2n) is 5.43. The molecule has 21 heavy (non-hydrogen) atoms. The summed E-state index contributed by atoms with van der Waals surface area (Å²) in [4.78, 5) is 4.26. The van der Waals surface area contributed by atoms with E-state index in [-0.39, 0.29) is 12.0 Å². The van der Waals surface area contributed by atoms with E-state index in [0.29, 0.717) is 22.7 Å². The number of rotatable bonds is 1. The van der Waals surface area contributed by atoms with Gasteiger partial charge in [0.05, 0.1) is 27.1 Å². The second-order valence-corrected chi connectivity index (χ2v) is 5.43. The quantitative estimate of drug-likeness (QED) is 0.486. The van der Waals surface area contributed by atoms with Crippen LogP contribution in [-0.2, 0) is 12.3 Å². The van der Waals surface area contributed by atoms with Crippen molar-refractivity contribution in [1.82, 2.24) is 15.5 Å². The molecule has 104 valence electrons. The minimum Gasteiger partial charge on any atom is -0.361 e. The standard InChI is InChI=1S/C13H13B2N3O3/c1-6-11(7(2)21-17-6)8-3-9-10(16-5-8)4-12(14,15)18-13(9,19)20/h3,5,18-20H,4H2,1-2H3. The fourth-order valence-corrected chi connectivity index (χ4v) is 2.68. The van der Waals surface area contributed by atoms with Gasteiger partial charge in [0.1, 0.15) is 5.76 Å². The van der Waals surface area contributed by atoms with Crippen LogP contribution in [0.5, 0.6) is 0 Å². The number of aliphatic hydroxyl groups is 2. The highest BCUT2D eigenvalue weighted by Crippen LogP contribution is 2.33. The molecule has 0 atom stereocenters. The van der Waals surface area contributed by atoms with Crippen molar-refractivity contribution in [3.05, 3.63) is 35.0 Å². The van der Waals surface area contributed by atoms with E-state index in [1.165, 1.54) is 0 Å². The summed E-state index contributed by atoms with van der Waals surface area (Å²) >= 11 is 0. The fraction of sp³-hybridized carbons (Fsp3) is 0.385.